The zero-order valence-electron chi connectivity index (χ0n) is 11.0. The van der Waals surface area contributed by atoms with Crippen LogP contribution in [0.15, 0.2) is 24.3 Å². The minimum Gasteiger partial charge on any atom is -0.388 e. The lowest BCUT2D eigenvalue weighted by Gasteiger charge is -2.17. The predicted molar refractivity (Wildman–Crippen MR) is 72.5 cm³/mol. The Morgan fingerprint density at radius 1 is 1.24 bits per heavy atom. The van der Waals surface area contributed by atoms with Gasteiger partial charge in [-0.05, 0) is 30.7 Å². The summed E-state index contributed by atoms with van der Waals surface area (Å²) < 4.78 is 0. The highest BCUT2D eigenvalue weighted by Crippen LogP contribution is 2.10. The summed E-state index contributed by atoms with van der Waals surface area (Å²) in [6.45, 7) is 3.00. The fourth-order valence-corrected chi connectivity index (χ4v) is 1.70. The summed E-state index contributed by atoms with van der Waals surface area (Å²) in [6, 6.07) is 7.58. The maximum absolute atomic E-state index is 12.0. The third-order valence-corrected chi connectivity index (χ3v) is 2.86. The Kier molecular flexibility index (Phi) is 5.53. The molecule has 1 aromatic carbocycles. The molecule has 0 atom stereocenters. The summed E-state index contributed by atoms with van der Waals surface area (Å²) in [5, 5.41) is 3.04. The van der Waals surface area contributed by atoms with Crippen LogP contribution in [-0.4, -0.2) is 31.4 Å². The third kappa shape index (κ3) is 4.10. The number of carbonyl (C=O) groups excluding carboxylic acids is 1. The number of benzene rings is 1. The Morgan fingerprint density at radius 3 is 2.41 bits per heavy atom. The van der Waals surface area contributed by atoms with Crippen molar-refractivity contribution in [3.05, 3.63) is 29.8 Å². The molecule has 0 spiro atoms. The monoisotopic (exact) mass is 234 g/mol. The van der Waals surface area contributed by atoms with Crippen LogP contribution in [-0.2, 0) is 0 Å². The second-order valence-corrected chi connectivity index (χ2v) is 4.26. The summed E-state index contributed by atoms with van der Waals surface area (Å²) in [5.74, 6) is 0.101. The second kappa shape index (κ2) is 6.94. The number of rotatable bonds is 6. The van der Waals surface area contributed by atoms with E-state index in [2.05, 4.69) is 12.2 Å². The van der Waals surface area contributed by atoms with Crippen molar-refractivity contribution >= 4 is 11.6 Å². The van der Waals surface area contributed by atoms with E-state index in [9.17, 15) is 4.79 Å². The molecule has 17 heavy (non-hydrogen) atoms. The Labute approximate surface area is 104 Å². The molecule has 0 heterocycles. The normalized spacial score (nSPS) is 10.1. The first-order valence-electron chi connectivity index (χ1n) is 6.22. The maximum Gasteiger partial charge on any atom is 0.253 e. The molecule has 94 valence electrons. The molecular weight excluding hydrogens is 212 g/mol. The molecule has 0 radical (unpaired) electrons. The molecule has 0 aliphatic rings. The summed E-state index contributed by atoms with van der Waals surface area (Å²) in [4.78, 5) is 13.8. The van der Waals surface area contributed by atoms with E-state index in [-0.39, 0.29) is 5.91 Å². The van der Waals surface area contributed by atoms with Gasteiger partial charge in [0.05, 0.1) is 0 Å². The molecule has 0 aliphatic carbocycles. The molecule has 0 bridgehead atoms. The van der Waals surface area contributed by atoms with E-state index in [0.717, 1.165) is 24.2 Å². The number of nitrogens with one attached hydrogen (secondary N) is 1. The van der Waals surface area contributed by atoms with Crippen LogP contribution in [0.5, 0.6) is 0 Å². The van der Waals surface area contributed by atoms with E-state index >= 15 is 0 Å². The maximum atomic E-state index is 12.0. The van der Waals surface area contributed by atoms with Crippen LogP contribution in [0.3, 0.4) is 0 Å². The van der Waals surface area contributed by atoms with Crippen molar-refractivity contribution in [3.8, 4) is 0 Å². The lowest BCUT2D eigenvalue weighted by Crippen LogP contribution is -2.27. The Balaban J connectivity index is 2.55. The van der Waals surface area contributed by atoms with Gasteiger partial charge in [-0.25, -0.2) is 0 Å². The lowest BCUT2D eigenvalue weighted by atomic mass is 10.1. The third-order valence-electron chi connectivity index (χ3n) is 2.86. The molecule has 0 fully saturated rings. The zero-order chi connectivity index (χ0) is 12.7. The van der Waals surface area contributed by atoms with E-state index in [1.807, 2.05) is 38.4 Å². The highest BCUT2D eigenvalue weighted by Gasteiger charge is 2.10. The van der Waals surface area contributed by atoms with Gasteiger partial charge in [-0.3, -0.25) is 4.79 Å². The van der Waals surface area contributed by atoms with Gasteiger partial charge in [-0.2, -0.15) is 0 Å². The van der Waals surface area contributed by atoms with Gasteiger partial charge in [0.1, 0.15) is 0 Å². The zero-order valence-corrected chi connectivity index (χ0v) is 11.0. The van der Waals surface area contributed by atoms with Crippen LogP contribution >= 0.6 is 0 Å². The van der Waals surface area contributed by atoms with Crippen LogP contribution in [0, 0.1) is 0 Å². The SMILES string of the molecule is CCCCCN(C)C(=O)c1ccc(NC)cc1. The topological polar surface area (TPSA) is 32.3 Å². The quantitative estimate of drug-likeness (QED) is 0.767. The van der Waals surface area contributed by atoms with Gasteiger partial charge in [-0.15, -0.1) is 0 Å². The van der Waals surface area contributed by atoms with Crippen molar-refractivity contribution < 1.29 is 4.79 Å². The van der Waals surface area contributed by atoms with Crippen LogP contribution in [0.2, 0.25) is 0 Å². The molecule has 1 aromatic rings. The molecule has 3 nitrogen and oxygen atoms in total. The standard InChI is InChI=1S/C14H22N2O/c1-4-5-6-11-16(3)14(17)12-7-9-13(15-2)10-8-12/h7-10,15H,4-6,11H2,1-3H3. The first-order valence-corrected chi connectivity index (χ1v) is 6.22. The smallest absolute Gasteiger partial charge is 0.253 e. The summed E-state index contributed by atoms with van der Waals surface area (Å²) in [7, 11) is 3.73. The summed E-state index contributed by atoms with van der Waals surface area (Å²) >= 11 is 0. The average Bonchev–Trinajstić information content (AvgIpc) is 2.38. The van der Waals surface area contributed by atoms with Gasteiger partial charge in [-0.1, -0.05) is 19.8 Å². The first-order chi connectivity index (χ1) is 8.19. The van der Waals surface area contributed by atoms with Crippen molar-refractivity contribution in [2.75, 3.05) is 26.0 Å². The molecule has 0 unspecified atom stereocenters. The fourth-order valence-electron chi connectivity index (χ4n) is 1.70. The van der Waals surface area contributed by atoms with Gasteiger partial charge in [0, 0.05) is 31.9 Å². The number of anilines is 1. The highest BCUT2D eigenvalue weighted by molar-refractivity contribution is 5.94. The van der Waals surface area contributed by atoms with Crippen molar-refractivity contribution in [2.45, 2.75) is 26.2 Å². The average molecular weight is 234 g/mol. The van der Waals surface area contributed by atoms with Gasteiger partial charge in [0.2, 0.25) is 0 Å². The summed E-state index contributed by atoms with van der Waals surface area (Å²) in [6.07, 6.45) is 3.43. The number of nitrogens with zero attached hydrogens (tertiary/aromatic N) is 1. The van der Waals surface area contributed by atoms with Gasteiger partial charge in [0.25, 0.3) is 5.91 Å². The van der Waals surface area contributed by atoms with E-state index < -0.39 is 0 Å². The number of carbonyl (C=O) groups is 1. The van der Waals surface area contributed by atoms with Crippen molar-refractivity contribution in [3.63, 3.8) is 0 Å². The largest absolute Gasteiger partial charge is 0.388 e. The van der Waals surface area contributed by atoms with Crippen LogP contribution in [0.4, 0.5) is 5.69 Å². The van der Waals surface area contributed by atoms with Crippen molar-refractivity contribution in [1.29, 1.82) is 0 Å². The van der Waals surface area contributed by atoms with E-state index in [1.54, 1.807) is 4.90 Å². The summed E-state index contributed by atoms with van der Waals surface area (Å²) in [5.41, 5.74) is 1.78. The Bertz CT molecular complexity index is 346. The van der Waals surface area contributed by atoms with Gasteiger partial charge in [0.15, 0.2) is 0 Å². The molecule has 0 aliphatic heterocycles. The van der Waals surface area contributed by atoms with Gasteiger partial charge < -0.3 is 10.2 Å². The minimum atomic E-state index is 0.101. The van der Waals surface area contributed by atoms with Crippen LogP contribution < -0.4 is 5.32 Å². The highest BCUT2D eigenvalue weighted by atomic mass is 16.2. The van der Waals surface area contributed by atoms with E-state index in [1.165, 1.54) is 12.8 Å². The van der Waals surface area contributed by atoms with E-state index in [0.29, 0.717) is 0 Å². The molecule has 1 N–H and O–H groups in total. The molecule has 0 saturated heterocycles. The minimum absolute atomic E-state index is 0.101. The molecule has 0 saturated carbocycles. The van der Waals surface area contributed by atoms with E-state index in [4.69, 9.17) is 0 Å². The van der Waals surface area contributed by atoms with Crippen LogP contribution in [0.25, 0.3) is 0 Å². The second-order valence-electron chi connectivity index (χ2n) is 4.26. The molecule has 1 amide bonds. The lowest BCUT2D eigenvalue weighted by molar-refractivity contribution is 0.0792. The predicted octanol–water partition coefficient (Wildman–Crippen LogP) is 2.99. The molecular formula is C14H22N2O. The molecule has 3 heteroatoms. The molecule has 1 rings (SSSR count). The number of amides is 1. The Hall–Kier alpha value is -1.51. The molecule has 0 aromatic heterocycles. The number of hydrogen-bond acceptors (Lipinski definition) is 2. The Morgan fingerprint density at radius 2 is 1.88 bits per heavy atom. The first kappa shape index (κ1) is 13.6. The van der Waals surface area contributed by atoms with Crippen LogP contribution in [0.1, 0.15) is 36.5 Å². The number of hydrogen-bond donors (Lipinski definition) is 1. The fraction of sp³-hybridized carbons (Fsp3) is 0.500. The van der Waals surface area contributed by atoms with Crippen molar-refractivity contribution in [1.82, 2.24) is 4.90 Å². The van der Waals surface area contributed by atoms with Crippen molar-refractivity contribution in [2.24, 2.45) is 0 Å². The number of unbranched alkanes of at least 4 members (excludes halogenated alkanes) is 2. The van der Waals surface area contributed by atoms with Gasteiger partial charge >= 0.3 is 0 Å².